The number of carbonyl (C=O) groups excluding carboxylic acids is 1. The standard InChI is InChI=1S/C21H20O4/c1-15(2)17-8-4-5-9-18(17)25-21(22)10-6-3-7-16-11-12-19-20(13-16)24-14-23-19/h3-13,15H,14H2,1-2H3. The van der Waals surface area contributed by atoms with Crippen molar-refractivity contribution in [2.75, 3.05) is 6.79 Å². The lowest BCUT2D eigenvalue weighted by Crippen LogP contribution is -2.06. The number of carbonyl (C=O) groups is 1. The molecule has 0 aromatic heterocycles. The molecule has 1 heterocycles. The van der Waals surface area contributed by atoms with Crippen molar-refractivity contribution in [1.82, 2.24) is 0 Å². The highest BCUT2D eigenvalue weighted by molar-refractivity contribution is 5.84. The van der Waals surface area contributed by atoms with Gasteiger partial charge >= 0.3 is 5.97 Å². The smallest absolute Gasteiger partial charge is 0.336 e. The van der Waals surface area contributed by atoms with Gasteiger partial charge in [0, 0.05) is 6.08 Å². The number of esters is 1. The Morgan fingerprint density at radius 1 is 1.08 bits per heavy atom. The van der Waals surface area contributed by atoms with Crippen LogP contribution in [-0.4, -0.2) is 12.8 Å². The fourth-order valence-corrected chi connectivity index (χ4v) is 2.51. The number of para-hydroxylation sites is 1. The monoisotopic (exact) mass is 336 g/mol. The van der Waals surface area contributed by atoms with E-state index in [2.05, 4.69) is 13.8 Å². The summed E-state index contributed by atoms with van der Waals surface area (Å²) in [5.74, 6) is 1.98. The van der Waals surface area contributed by atoms with Gasteiger partial charge in [0.15, 0.2) is 11.5 Å². The maximum Gasteiger partial charge on any atom is 0.336 e. The number of allylic oxidation sites excluding steroid dienone is 2. The summed E-state index contributed by atoms with van der Waals surface area (Å²) in [5.41, 5.74) is 1.98. The third-order valence-electron chi connectivity index (χ3n) is 3.78. The first-order valence-electron chi connectivity index (χ1n) is 8.18. The number of rotatable bonds is 5. The summed E-state index contributed by atoms with van der Waals surface area (Å²) >= 11 is 0. The van der Waals surface area contributed by atoms with Crippen LogP contribution in [0.3, 0.4) is 0 Å². The van der Waals surface area contributed by atoms with E-state index in [4.69, 9.17) is 14.2 Å². The third-order valence-corrected chi connectivity index (χ3v) is 3.78. The van der Waals surface area contributed by atoms with Crippen molar-refractivity contribution in [3.05, 3.63) is 71.8 Å². The zero-order chi connectivity index (χ0) is 17.6. The number of hydrogen-bond donors (Lipinski definition) is 0. The van der Waals surface area contributed by atoms with E-state index in [1.54, 1.807) is 12.2 Å². The fourth-order valence-electron chi connectivity index (χ4n) is 2.51. The second kappa shape index (κ2) is 7.71. The summed E-state index contributed by atoms with van der Waals surface area (Å²) in [6.07, 6.45) is 6.73. The lowest BCUT2D eigenvalue weighted by Gasteiger charge is -2.11. The van der Waals surface area contributed by atoms with Crippen molar-refractivity contribution in [2.45, 2.75) is 19.8 Å². The summed E-state index contributed by atoms with van der Waals surface area (Å²) < 4.78 is 16.0. The third kappa shape index (κ3) is 4.29. The van der Waals surface area contributed by atoms with Gasteiger partial charge in [-0.05, 0) is 35.2 Å². The van der Waals surface area contributed by atoms with Gasteiger partial charge in [-0.15, -0.1) is 0 Å². The maximum atomic E-state index is 12.0. The zero-order valence-corrected chi connectivity index (χ0v) is 14.3. The van der Waals surface area contributed by atoms with Crippen LogP contribution in [0, 0.1) is 0 Å². The molecular formula is C21H20O4. The molecule has 0 N–H and O–H groups in total. The first kappa shape index (κ1) is 16.8. The molecule has 3 rings (SSSR count). The second-order valence-corrected chi connectivity index (χ2v) is 5.94. The van der Waals surface area contributed by atoms with E-state index < -0.39 is 5.97 Å². The average molecular weight is 336 g/mol. The van der Waals surface area contributed by atoms with Gasteiger partial charge in [0.2, 0.25) is 6.79 Å². The van der Waals surface area contributed by atoms with E-state index in [9.17, 15) is 4.79 Å². The molecule has 128 valence electrons. The highest BCUT2D eigenvalue weighted by atomic mass is 16.7. The maximum absolute atomic E-state index is 12.0. The van der Waals surface area contributed by atoms with E-state index >= 15 is 0 Å². The molecular weight excluding hydrogens is 316 g/mol. The predicted octanol–water partition coefficient (Wildman–Crippen LogP) is 4.71. The Morgan fingerprint density at radius 2 is 1.88 bits per heavy atom. The molecule has 2 aromatic rings. The quantitative estimate of drug-likeness (QED) is 0.343. The summed E-state index contributed by atoms with van der Waals surface area (Å²) in [6, 6.07) is 13.3. The molecule has 0 spiro atoms. The van der Waals surface area contributed by atoms with Gasteiger partial charge < -0.3 is 14.2 Å². The SMILES string of the molecule is CC(C)c1ccccc1OC(=O)C=CC=Cc1ccc2c(c1)OCO2. The van der Waals surface area contributed by atoms with E-state index in [-0.39, 0.29) is 6.79 Å². The van der Waals surface area contributed by atoms with Crippen LogP contribution in [0.15, 0.2) is 60.7 Å². The Balaban J connectivity index is 1.60. The molecule has 4 nitrogen and oxygen atoms in total. The van der Waals surface area contributed by atoms with Crippen LogP contribution in [0.25, 0.3) is 6.08 Å². The first-order valence-corrected chi connectivity index (χ1v) is 8.18. The molecule has 0 aliphatic carbocycles. The van der Waals surface area contributed by atoms with E-state index in [1.165, 1.54) is 6.08 Å². The van der Waals surface area contributed by atoms with E-state index in [1.807, 2.05) is 48.5 Å². The molecule has 0 amide bonds. The largest absolute Gasteiger partial charge is 0.454 e. The Hall–Kier alpha value is -3.01. The van der Waals surface area contributed by atoms with Gasteiger partial charge in [-0.1, -0.05) is 56.3 Å². The van der Waals surface area contributed by atoms with E-state index in [0.717, 1.165) is 22.6 Å². The number of ether oxygens (including phenoxy) is 3. The number of fused-ring (bicyclic) bond motifs is 1. The highest BCUT2D eigenvalue weighted by Crippen LogP contribution is 2.32. The second-order valence-electron chi connectivity index (χ2n) is 5.94. The molecule has 25 heavy (non-hydrogen) atoms. The van der Waals surface area contributed by atoms with Crippen molar-refractivity contribution >= 4 is 12.0 Å². The van der Waals surface area contributed by atoms with Gasteiger partial charge in [0.05, 0.1) is 0 Å². The number of hydrogen-bond acceptors (Lipinski definition) is 4. The summed E-state index contributed by atoms with van der Waals surface area (Å²) in [6.45, 7) is 4.39. The Morgan fingerprint density at radius 3 is 2.72 bits per heavy atom. The minimum atomic E-state index is -0.400. The predicted molar refractivity (Wildman–Crippen MR) is 96.9 cm³/mol. The normalized spacial score (nSPS) is 13.1. The van der Waals surface area contributed by atoms with Gasteiger partial charge in [0.25, 0.3) is 0 Å². The minimum absolute atomic E-state index is 0.256. The van der Waals surface area contributed by atoms with Crippen molar-refractivity contribution in [1.29, 1.82) is 0 Å². The Labute approximate surface area is 147 Å². The van der Waals surface area contributed by atoms with Crippen LogP contribution in [0.4, 0.5) is 0 Å². The molecule has 0 radical (unpaired) electrons. The van der Waals surface area contributed by atoms with Crippen LogP contribution < -0.4 is 14.2 Å². The first-order chi connectivity index (χ1) is 12.1. The minimum Gasteiger partial charge on any atom is -0.454 e. The van der Waals surface area contributed by atoms with Gasteiger partial charge in [-0.25, -0.2) is 4.79 Å². The van der Waals surface area contributed by atoms with Crippen LogP contribution in [-0.2, 0) is 4.79 Å². The van der Waals surface area contributed by atoms with Crippen LogP contribution >= 0.6 is 0 Å². The van der Waals surface area contributed by atoms with Crippen LogP contribution in [0.1, 0.15) is 30.9 Å². The zero-order valence-electron chi connectivity index (χ0n) is 14.3. The molecule has 0 bridgehead atoms. The van der Waals surface area contributed by atoms with Crippen molar-refractivity contribution in [3.63, 3.8) is 0 Å². The molecule has 1 aliphatic heterocycles. The topological polar surface area (TPSA) is 44.8 Å². The van der Waals surface area contributed by atoms with Crippen LogP contribution in [0.5, 0.6) is 17.2 Å². The molecule has 1 aliphatic rings. The molecule has 0 saturated carbocycles. The molecule has 0 saturated heterocycles. The fraction of sp³-hybridized carbons (Fsp3) is 0.190. The van der Waals surface area contributed by atoms with Crippen molar-refractivity contribution in [3.8, 4) is 17.2 Å². The summed E-state index contributed by atoms with van der Waals surface area (Å²) in [4.78, 5) is 12.0. The Bertz CT molecular complexity index is 818. The van der Waals surface area contributed by atoms with E-state index in [0.29, 0.717) is 11.7 Å². The lowest BCUT2D eigenvalue weighted by molar-refractivity contribution is -0.129. The Kier molecular flexibility index (Phi) is 5.19. The highest BCUT2D eigenvalue weighted by Gasteiger charge is 2.12. The van der Waals surface area contributed by atoms with Gasteiger partial charge in [-0.2, -0.15) is 0 Å². The lowest BCUT2D eigenvalue weighted by atomic mass is 10.0. The van der Waals surface area contributed by atoms with Crippen molar-refractivity contribution in [2.24, 2.45) is 0 Å². The molecule has 0 fully saturated rings. The summed E-state index contributed by atoms with van der Waals surface area (Å²) in [5, 5.41) is 0. The number of benzene rings is 2. The van der Waals surface area contributed by atoms with Gasteiger partial charge in [0.1, 0.15) is 5.75 Å². The molecule has 2 aromatic carbocycles. The molecule has 0 unspecified atom stereocenters. The van der Waals surface area contributed by atoms with Crippen LogP contribution in [0.2, 0.25) is 0 Å². The molecule has 0 atom stereocenters. The average Bonchev–Trinajstić information content (AvgIpc) is 3.07. The summed E-state index contributed by atoms with van der Waals surface area (Å²) in [7, 11) is 0. The van der Waals surface area contributed by atoms with Gasteiger partial charge in [-0.3, -0.25) is 0 Å². The van der Waals surface area contributed by atoms with Crippen molar-refractivity contribution < 1.29 is 19.0 Å². The molecule has 4 heteroatoms.